The molecule has 4 nitrogen and oxygen atoms in total. The van der Waals surface area contributed by atoms with Crippen LogP contribution in [-0.2, 0) is 4.74 Å². The molecule has 0 aromatic carbocycles. The number of ether oxygens (including phenoxy) is 1. The summed E-state index contributed by atoms with van der Waals surface area (Å²) in [5.41, 5.74) is 0. The molecule has 1 rings (SSSR count). The highest BCUT2D eigenvalue weighted by molar-refractivity contribution is 14.1. The van der Waals surface area contributed by atoms with Gasteiger partial charge in [0.25, 0.3) is 0 Å². The fourth-order valence-corrected chi connectivity index (χ4v) is 1.14. The van der Waals surface area contributed by atoms with Gasteiger partial charge in [-0.25, -0.2) is 9.97 Å². The summed E-state index contributed by atoms with van der Waals surface area (Å²) in [6.45, 7) is 5.44. The van der Waals surface area contributed by atoms with E-state index in [2.05, 4.69) is 37.9 Å². The smallest absolute Gasteiger partial charge is 0.222 e. The molecule has 0 unspecified atom stereocenters. The minimum absolute atomic E-state index is 0.273. The van der Waals surface area contributed by atoms with Crippen molar-refractivity contribution in [1.82, 2.24) is 9.97 Å². The topological polar surface area (TPSA) is 47.0 Å². The second kappa shape index (κ2) is 6.13. The van der Waals surface area contributed by atoms with Gasteiger partial charge in [-0.3, -0.25) is 0 Å². The van der Waals surface area contributed by atoms with Crippen molar-refractivity contribution in [2.75, 3.05) is 18.5 Å². The lowest BCUT2D eigenvalue weighted by molar-refractivity contribution is 0.0870. The number of nitrogens with one attached hydrogen (secondary N) is 1. The second-order valence-electron chi connectivity index (χ2n) is 3.07. The fraction of sp³-hybridized carbons (Fsp3) is 0.556. The van der Waals surface area contributed by atoms with E-state index >= 15 is 0 Å². The first-order valence-electron chi connectivity index (χ1n) is 4.51. The van der Waals surface area contributed by atoms with E-state index < -0.39 is 0 Å². The Hall–Kier alpha value is -0.430. The summed E-state index contributed by atoms with van der Waals surface area (Å²) in [6, 6.07) is 0. The zero-order chi connectivity index (χ0) is 10.4. The van der Waals surface area contributed by atoms with Crippen LogP contribution < -0.4 is 5.32 Å². The molecule has 0 aliphatic carbocycles. The summed E-state index contributed by atoms with van der Waals surface area (Å²) >= 11 is 2.17. The van der Waals surface area contributed by atoms with Crippen molar-refractivity contribution >= 4 is 28.5 Å². The molecule has 0 fully saturated rings. The lowest BCUT2D eigenvalue weighted by Gasteiger charge is -2.08. The van der Waals surface area contributed by atoms with Crippen LogP contribution in [0.2, 0.25) is 0 Å². The predicted octanol–water partition coefficient (Wildman–Crippen LogP) is 1.92. The average Bonchev–Trinajstić information content (AvgIpc) is 2.15. The van der Waals surface area contributed by atoms with Gasteiger partial charge in [-0.1, -0.05) is 0 Å². The number of rotatable bonds is 5. The van der Waals surface area contributed by atoms with Gasteiger partial charge in [0, 0.05) is 22.5 Å². The number of halogens is 1. The molecule has 0 aliphatic rings. The van der Waals surface area contributed by atoms with Crippen LogP contribution in [0.25, 0.3) is 0 Å². The van der Waals surface area contributed by atoms with Crippen molar-refractivity contribution in [3.8, 4) is 0 Å². The van der Waals surface area contributed by atoms with E-state index in [0.29, 0.717) is 12.6 Å². The number of hydrogen-bond donors (Lipinski definition) is 1. The van der Waals surface area contributed by atoms with E-state index in [9.17, 15) is 0 Å². The maximum Gasteiger partial charge on any atom is 0.222 e. The Morgan fingerprint density at radius 3 is 2.64 bits per heavy atom. The first-order valence-corrected chi connectivity index (χ1v) is 5.59. The quantitative estimate of drug-likeness (QED) is 0.667. The molecule has 0 bridgehead atoms. The summed E-state index contributed by atoms with van der Waals surface area (Å²) in [5.74, 6) is 0.651. The summed E-state index contributed by atoms with van der Waals surface area (Å²) in [4.78, 5) is 8.22. The van der Waals surface area contributed by atoms with Crippen LogP contribution in [0.3, 0.4) is 0 Å². The van der Waals surface area contributed by atoms with Crippen LogP contribution in [0.1, 0.15) is 13.8 Å². The SMILES string of the molecule is CC(C)OCCNc1ncc(I)cn1. The van der Waals surface area contributed by atoms with Gasteiger partial charge < -0.3 is 10.1 Å². The Morgan fingerprint density at radius 1 is 1.43 bits per heavy atom. The molecule has 1 heterocycles. The molecule has 14 heavy (non-hydrogen) atoms. The number of hydrogen-bond acceptors (Lipinski definition) is 4. The molecule has 0 saturated carbocycles. The molecule has 1 aromatic heterocycles. The first kappa shape index (κ1) is 11.6. The lowest BCUT2D eigenvalue weighted by atomic mass is 10.5. The Bertz CT molecular complexity index is 263. The molecule has 0 atom stereocenters. The summed E-state index contributed by atoms with van der Waals surface area (Å²) in [6.07, 6.45) is 3.83. The standard InChI is InChI=1S/C9H14IN3O/c1-7(2)14-4-3-11-9-12-5-8(10)6-13-9/h5-7H,3-4H2,1-2H3,(H,11,12,13). The van der Waals surface area contributed by atoms with Crippen LogP contribution in [0, 0.1) is 3.57 Å². The molecule has 0 aliphatic heterocycles. The van der Waals surface area contributed by atoms with E-state index in [1.807, 2.05) is 13.8 Å². The van der Waals surface area contributed by atoms with Crippen molar-refractivity contribution in [2.24, 2.45) is 0 Å². The number of anilines is 1. The molecular weight excluding hydrogens is 293 g/mol. The Labute approximate surface area is 97.6 Å². The van der Waals surface area contributed by atoms with Crippen LogP contribution >= 0.6 is 22.6 Å². The van der Waals surface area contributed by atoms with Gasteiger partial charge in [0.05, 0.1) is 12.7 Å². The normalized spacial score (nSPS) is 10.6. The van der Waals surface area contributed by atoms with Crippen molar-refractivity contribution in [3.63, 3.8) is 0 Å². The Kier molecular flexibility index (Phi) is 5.10. The van der Waals surface area contributed by atoms with Gasteiger partial charge in [-0.2, -0.15) is 0 Å². The van der Waals surface area contributed by atoms with Gasteiger partial charge in [0.2, 0.25) is 5.95 Å². The zero-order valence-electron chi connectivity index (χ0n) is 8.33. The van der Waals surface area contributed by atoms with E-state index in [4.69, 9.17) is 4.74 Å². The van der Waals surface area contributed by atoms with Crippen LogP contribution in [0.15, 0.2) is 12.4 Å². The van der Waals surface area contributed by atoms with Gasteiger partial charge in [-0.05, 0) is 36.4 Å². The molecule has 0 radical (unpaired) electrons. The van der Waals surface area contributed by atoms with E-state index in [0.717, 1.165) is 10.1 Å². The lowest BCUT2D eigenvalue weighted by Crippen LogP contribution is -2.14. The minimum atomic E-state index is 0.273. The highest BCUT2D eigenvalue weighted by Crippen LogP contribution is 2.02. The van der Waals surface area contributed by atoms with Crippen LogP contribution in [0.5, 0.6) is 0 Å². The largest absolute Gasteiger partial charge is 0.377 e. The molecule has 0 spiro atoms. The highest BCUT2D eigenvalue weighted by Gasteiger charge is 1.95. The third-order valence-electron chi connectivity index (χ3n) is 1.46. The Balaban J connectivity index is 2.21. The minimum Gasteiger partial charge on any atom is -0.377 e. The maximum atomic E-state index is 5.37. The molecular formula is C9H14IN3O. The van der Waals surface area contributed by atoms with Gasteiger partial charge in [-0.15, -0.1) is 0 Å². The molecule has 1 N–H and O–H groups in total. The summed E-state index contributed by atoms with van der Waals surface area (Å²) < 4.78 is 6.40. The van der Waals surface area contributed by atoms with Crippen LogP contribution in [0.4, 0.5) is 5.95 Å². The number of nitrogens with zero attached hydrogens (tertiary/aromatic N) is 2. The molecule has 1 aromatic rings. The highest BCUT2D eigenvalue weighted by atomic mass is 127. The molecule has 0 saturated heterocycles. The predicted molar refractivity (Wildman–Crippen MR) is 64.3 cm³/mol. The van der Waals surface area contributed by atoms with Gasteiger partial charge in [0.15, 0.2) is 0 Å². The third-order valence-corrected chi connectivity index (χ3v) is 2.01. The third kappa shape index (κ3) is 4.71. The maximum absolute atomic E-state index is 5.37. The summed E-state index contributed by atoms with van der Waals surface area (Å²) in [7, 11) is 0. The van der Waals surface area contributed by atoms with Gasteiger partial charge in [0.1, 0.15) is 0 Å². The molecule has 0 amide bonds. The Morgan fingerprint density at radius 2 is 2.07 bits per heavy atom. The summed E-state index contributed by atoms with van der Waals surface area (Å²) in [5, 5.41) is 3.08. The zero-order valence-corrected chi connectivity index (χ0v) is 10.5. The van der Waals surface area contributed by atoms with Gasteiger partial charge >= 0.3 is 0 Å². The molecule has 78 valence electrons. The van der Waals surface area contributed by atoms with Crippen LogP contribution in [-0.4, -0.2) is 29.2 Å². The van der Waals surface area contributed by atoms with Crippen molar-refractivity contribution < 1.29 is 4.74 Å². The van der Waals surface area contributed by atoms with E-state index in [-0.39, 0.29) is 6.10 Å². The number of aromatic nitrogens is 2. The van der Waals surface area contributed by atoms with Crippen molar-refractivity contribution in [2.45, 2.75) is 20.0 Å². The monoisotopic (exact) mass is 307 g/mol. The first-order chi connectivity index (χ1) is 6.68. The van der Waals surface area contributed by atoms with Crippen molar-refractivity contribution in [3.05, 3.63) is 16.0 Å². The van der Waals surface area contributed by atoms with Crippen molar-refractivity contribution in [1.29, 1.82) is 0 Å². The molecule has 5 heteroatoms. The second-order valence-corrected chi connectivity index (χ2v) is 4.32. The fourth-order valence-electron chi connectivity index (χ4n) is 0.861. The average molecular weight is 307 g/mol. The van der Waals surface area contributed by atoms with E-state index in [1.54, 1.807) is 12.4 Å². The van der Waals surface area contributed by atoms with E-state index in [1.165, 1.54) is 0 Å².